The molecule has 2 aliphatic heterocycles. The smallest absolute Gasteiger partial charge is 0.281 e. The maximum Gasteiger partial charge on any atom is 0.281 e. The van der Waals surface area contributed by atoms with Crippen LogP contribution in [0, 0.1) is 5.92 Å². The van der Waals surface area contributed by atoms with E-state index in [4.69, 9.17) is 0 Å². The van der Waals surface area contributed by atoms with Crippen LogP contribution in [0.1, 0.15) is 37.5 Å². The van der Waals surface area contributed by atoms with E-state index in [9.17, 15) is 13.5 Å². The van der Waals surface area contributed by atoms with Gasteiger partial charge in [0.2, 0.25) is 0 Å². The summed E-state index contributed by atoms with van der Waals surface area (Å²) in [7, 11) is -0.321. The normalized spacial score (nSPS) is 31.3. The first-order valence-electron chi connectivity index (χ1n) is 9.44. The highest BCUT2D eigenvalue weighted by Crippen LogP contribution is 2.38. The second kappa shape index (κ2) is 6.56. The monoisotopic (exact) mass is 383 g/mol. The number of hydrogen-bond donors (Lipinski definition) is 1. The highest BCUT2D eigenvalue weighted by molar-refractivity contribution is 7.86. The molecule has 0 radical (unpaired) electrons. The summed E-state index contributed by atoms with van der Waals surface area (Å²) in [6, 6.07) is 0.602. The minimum absolute atomic E-state index is 0.0657. The van der Waals surface area contributed by atoms with E-state index >= 15 is 0 Å². The van der Waals surface area contributed by atoms with E-state index in [2.05, 4.69) is 20.6 Å². The van der Waals surface area contributed by atoms with Crippen molar-refractivity contribution in [2.45, 2.75) is 43.9 Å². The lowest BCUT2D eigenvalue weighted by Gasteiger charge is -2.50. The summed E-state index contributed by atoms with van der Waals surface area (Å²) in [4.78, 5) is 6.83. The first-order valence-corrected chi connectivity index (χ1v) is 10.8. The van der Waals surface area contributed by atoms with Gasteiger partial charge in [0.05, 0.1) is 12.1 Å². The van der Waals surface area contributed by atoms with Gasteiger partial charge in [-0.3, -0.25) is 4.90 Å². The molecule has 146 valence electrons. The quantitative estimate of drug-likeness (QED) is 0.790. The molecule has 0 unspecified atom stereocenters. The fourth-order valence-corrected chi connectivity index (χ4v) is 5.43. The van der Waals surface area contributed by atoms with Gasteiger partial charge < -0.3 is 9.67 Å². The van der Waals surface area contributed by atoms with Crippen molar-refractivity contribution in [1.82, 2.24) is 23.1 Å². The molecule has 26 heavy (non-hydrogen) atoms. The van der Waals surface area contributed by atoms with E-state index in [1.165, 1.54) is 21.5 Å². The fraction of sp³-hybridized carbons (Fsp3) is 0.824. The van der Waals surface area contributed by atoms with E-state index in [0.29, 0.717) is 38.5 Å². The Balaban J connectivity index is 1.45. The molecular formula is C17H29N5O3S. The summed E-state index contributed by atoms with van der Waals surface area (Å²) in [6.07, 6.45) is 7.57. The highest BCUT2D eigenvalue weighted by Gasteiger charge is 2.47. The van der Waals surface area contributed by atoms with Crippen LogP contribution in [-0.4, -0.2) is 82.5 Å². The maximum absolute atomic E-state index is 12.5. The van der Waals surface area contributed by atoms with Gasteiger partial charge in [-0.1, -0.05) is 0 Å². The second-order valence-electron chi connectivity index (χ2n) is 8.17. The molecule has 3 aliphatic rings. The number of imidazole rings is 1. The number of hydrogen-bond acceptors (Lipinski definition) is 5. The number of piperidine rings is 2. The maximum atomic E-state index is 12.5. The van der Waals surface area contributed by atoms with Crippen LogP contribution in [0.4, 0.5) is 0 Å². The zero-order valence-electron chi connectivity index (χ0n) is 15.6. The third-order valence-corrected chi connectivity index (χ3v) is 8.07. The summed E-state index contributed by atoms with van der Waals surface area (Å²) in [5.74, 6) is 1.01. The van der Waals surface area contributed by atoms with Crippen LogP contribution in [0.3, 0.4) is 0 Å². The van der Waals surface area contributed by atoms with Gasteiger partial charge in [-0.2, -0.15) is 17.0 Å². The van der Waals surface area contributed by atoms with Crippen LogP contribution in [0.2, 0.25) is 0 Å². The molecule has 4 rings (SSSR count). The third kappa shape index (κ3) is 3.31. The minimum atomic E-state index is -3.43. The lowest BCUT2D eigenvalue weighted by atomic mass is 9.76. The van der Waals surface area contributed by atoms with Crippen LogP contribution in [-0.2, 0) is 16.8 Å². The van der Waals surface area contributed by atoms with Crippen molar-refractivity contribution in [3.05, 3.63) is 18.2 Å². The average Bonchev–Trinajstić information content (AvgIpc) is 3.34. The predicted molar refractivity (Wildman–Crippen MR) is 97.6 cm³/mol. The molecule has 1 aromatic rings. The summed E-state index contributed by atoms with van der Waals surface area (Å²) in [5.41, 5.74) is -0.749. The van der Waals surface area contributed by atoms with Crippen LogP contribution in [0.15, 0.2) is 12.4 Å². The number of nitrogens with zero attached hydrogens (tertiary/aromatic N) is 5. The van der Waals surface area contributed by atoms with E-state index in [1.807, 2.05) is 6.20 Å². The minimum Gasteiger partial charge on any atom is -0.389 e. The van der Waals surface area contributed by atoms with Crippen molar-refractivity contribution < 1.29 is 13.5 Å². The third-order valence-electron chi connectivity index (χ3n) is 6.16. The summed E-state index contributed by atoms with van der Waals surface area (Å²) < 4.78 is 30.0. The summed E-state index contributed by atoms with van der Waals surface area (Å²) in [5, 5.41) is 11.0. The Hall–Kier alpha value is -1.00. The Morgan fingerprint density at radius 3 is 2.69 bits per heavy atom. The standard InChI is InChI=1S/C17H29N5O3S/c1-19(2)26(24,25)21-9-6-17(23)5-8-20(11-14(17)12-21)13-16-18-7-10-22(16)15-3-4-15/h7,10,14-15,23H,3-6,8-9,11-13H2,1-2H3/t14-,17-/m1/s1. The lowest BCUT2D eigenvalue weighted by Crippen LogP contribution is -2.61. The topological polar surface area (TPSA) is 81.9 Å². The molecule has 1 N–H and O–H groups in total. The molecule has 1 aliphatic carbocycles. The zero-order valence-corrected chi connectivity index (χ0v) is 16.4. The molecule has 9 heteroatoms. The molecule has 3 fully saturated rings. The van der Waals surface area contributed by atoms with Crippen molar-refractivity contribution in [2.24, 2.45) is 5.92 Å². The van der Waals surface area contributed by atoms with Gasteiger partial charge in [-0.05, 0) is 25.7 Å². The molecule has 2 saturated heterocycles. The molecule has 0 aromatic carbocycles. The van der Waals surface area contributed by atoms with Crippen molar-refractivity contribution in [3.8, 4) is 0 Å². The molecular weight excluding hydrogens is 354 g/mol. The van der Waals surface area contributed by atoms with Crippen molar-refractivity contribution in [3.63, 3.8) is 0 Å². The van der Waals surface area contributed by atoms with Crippen molar-refractivity contribution in [2.75, 3.05) is 40.3 Å². The van der Waals surface area contributed by atoms with Crippen molar-refractivity contribution >= 4 is 10.2 Å². The Labute approximate surface area is 155 Å². The van der Waals surface area contributed by atoms with Gasteiger partial charge in [-0.25, -0.2) is 4.98 Å². The molecule has 3 heterocycles. The number of aliphatic hydroxyl groups is 1. The molecule has 0 spiro atoms. The Morgan fingerprint density at radius 1 is 1.27 bits per heavy atom. The van der Waals surface area contributed by atoms with Gasteiger partial charge in [0.25, 0.3) is 10.2 Å². The largest absolute Gasteiger partial charge is 0.389 e. The Kier molecular flexibility index (Phi) is 4.63. The molecule has 0 amide bonds. The molecule has 0 bridgehead atoms. The van der Waals surface area contributed by atoms with Gasteiger partial charge in [0.1, 0.15) is 5.82 Å². The van der Waals surface area contributed by atoms with Crippen LogP contribution in [0.25, 0.3) is 0 Å². The first-order chi connectivity index (χ1) is 12.3. The van der Waals surface area contributed by atoms with Gasteiger partial charge in [0.15, 0.2) is 0 Å². The number of rotatable bonds is 5. The molecule has 8 nitrogen and oxygen atoms in total. The predicted octanol–water partition coefficient (Wildman–Crippen LogP) is 0.283. The van der Waals surface area contributed by atoms with E-state index in [0.717, 1.165) is 18.9 Å². The zero-order chi connectivity index (χ0) is 18.5. The van der Waals surface area contributed by atoms with Gasteiger partial charge in [0, 0.05) is 64.6 Å². The summed E-state index contributed by atoms with van der Waals surface area (Å²) >= 11 is 0. The Morgan fingerprint density at radius 2 is 2.00 bits per heavy atom. The molecule has 1 aromatic heterocycles. The van der Waals surface area contributed by atoms with Crippen LogP contribution < -0.4 is 0 Å². The van der Waals surface area contributed by atoms with Crippen LogP contribution in [0.5, 0.6) is 0 Å². The first kappa shape index (κ1) is 18.4. The number of fused-ring (bicyclic) bond motifs is 1. The van der Waals surface area contributed by atoms with Crippen LogP contribution >= 0.6 is 0 Å². The van der Waals surface area contributed by atoms with Gasteiger partial charge in [-0.15, -0.1) is 0 Å². The fourth-order valence-electron chi connectivity index (χ4n) is 4.28. The number of likely N-dealkylation sites (tertiary alicyclic amines) is 1. The van der Waals surface area contributed by atoms with Gasteiger partial charge >= 0.3 is 0 Å². The average molecular weight is 384 g/mol. The second-order valence-corrected chi connectivity index (χ2v) is 10.3. The summed E-state index contributed by atoms with van der Waals surface area (Å²) in [6.45, 7) is 3.05. The molecule has 2 atom stereocenters. The lowest BCUT2D eigenvalue weighted by molar-refractivity contribution is -0.103. The van der Waals surface area contributed by atoms with E-state index in [1.54, 1.807) is 14.1 Å². The Bertz CT molecular complexity index is 760. The van der Waals surface area contributed by atoms with E-state index in [-0.39, 0.29) is 5.92 Å². The van der Waals surface area contributed by atoms with E-state index < -0.39 is 15.8 Å². The number of aromatic nitrogens is 2. The highest BCUT2D eigenvalue weighted by atomic mass is 32.2. The molecule has 1 saturated carbocycles. The SMILES string of the molecule is CN(C)S(=O)(=O)N1CC[C@]2(O)CCN(Cc3nccn3C3CC3)C[C@@H]2C1. The van der Waals surface area contributed by atoms with Crippen molar-refractivity contribution in [1.29, 1.82) is 0 Å².